The third-order valence-corrected chi connectivity index (χ3v) is 4.60. The molecule has 1 aromatic heterocycles. The van der Waals surface area contributed by atoms with Gasteiger partial charge in [-0.25, -0.2) is 13.6 Å². The third-order valence-electron chi connectivity index (χ3n) is 3.52. The Morgan fingerprint density at radius 1 is 1.08 bits per heavy atom. The number of Topliss-reactive ketones (excluding diaryl/α,β-unsaturated/α-hetero) is 1. The first-order valence-corrected chi connectivity index (χ1v) is 8.03. The van der Waals surface area contributed by atoms with Crippen molar-refractivity contribution in [2.45, 2.75) is 0 Å². The summed E-state index contributed by atoms with van der Waals surface area (Å²) in [6.07, 6.45) is 0. The summed E-state index contributed by atoms with van der Waals surface area (Å²) in [5.74, 6) is -2.39. The van der Waals surface area contributed by atoms with Gasteiger partial charge in [-0.15, -0.1) is 11.3 Å². The SMILES string of the molecule is COc1ccc(C(=O)COC(=O)c2cc3c(F)cccc3s2)cc1F. The monoisotopic (exact) mass is 362 g/mol. The number of ether oxygens (including phenoxy) is 2. The van der Waals surface area contributed by atoms with Crippen molar-refractivity contribution in [3.63, 3.8) is 0 Å². The zero-order chi connectivity index (χ0) is 18.0. The number of carbonyl (C=O) groups excluding carboxylic acids is 2. The zero-order valence-corrected chi connectivity index (χ0v) is 13.9. The fourth-order valence-electron chi connectivity index (χ4n) is 2.25. The number of carbonyl (C=O) groups is 2. The molecule has 0 spiro atoms. The van der Waals surface area contributed by atoms with Crippen molar-refractivity contribution in [1.29, 1.82) is 0 Å². The maximum absolute atomic E-state index is 13.7. The Morgan fingerprint density at radius 2 is 1.88 bits per heavy atom. The van der Waals surface area contributed by atoms with Crippen molar-refractivity contribution in [2.75, 3.05) is 13.7 Å². The van der Waals surface area contributed by atoms with Gasteiger partial charge in [0.15, 0.2) is 24.0 Å². The predicted octanol–water partition coefficient (Wildman–Crippen LogP) is 4.23. The van der Waals surface area contributed by atoms with Gasteiger partial charge in [-0.3, -0.25) is 4.79 Å². The minimum Gasteiger partial charge on any atom is -0.494 e. The molecule has 0 N–H and O–H groups in total. The fourth-order valence-corrected chi connectivity index (χ4v) is 3.22. The molecule has 0 saturated carbocycles. The molecule has 0 amide bonds. The number of esters is 1. The van der Waals surface area contributed by atoms with E-state index < -0.39 is 30.0 Å². The number of rotatable bonds is 5. The lowest BCUT2D eigenvalue weighted by atomic mass is 10.1. The normalized spacial score (nSPS) is 10.7. The van der Waals surface area contributed by atoms with Crippen LogP contribution in [0, 0.1) is 11.6 Å². The van der Waals surface area contributed by atoms with E-state index in [9.17, 15) is 18.4 Å². The average Bonchev–Trinajstić information content (AvgIpc) is 3.05. The summed E-state index contributed by atoms with van der Waals surface area (Å²) in [6.45, 7) is -0.540. The number of fused-ring (bicyclic) bond motifs is 1. The van der Waals surface area contributed by atoms with Crippen LogP contribution in [0.4, 0.5) is 8.78 Å². The van der Waals surface area contributed by atoms with E-state index in [0.717, 1.165) is 17.4 Å². The molecule has 0 atom stereocenters. The van der Waals surface area contributed by atoms with E-state index in [-0.39, 0.29) is 16.2 Å². The molecule has 0 radical (unpaired) electrons. The van der Waals surface area contributed by atoms with Gasteiger partial charge < -0.3 is 9.47 Å². The zero-order valence-electron chi connectivity index (χ0n) is 13.0. The molecule has 7 heteroatoms. The van der Waals surface area contributed by atoms with Crippen LogP contribution in [-0.2, 0) is 4.74 Å². The van der Waals surface area contributed by atoms with Crippen molar-refractivity contribution in [3.8, 4) is 5.75 Å². The van der Waals surface area contributed by atoms with Gasteiger partial charge in [0.1, 0.15) is 10.7 Å². The molecule has 0 unspecified atom stereocenters. The lowest BCUT2D eigenvalue weighted by Gasteiger charge is -2.05. The van der Waals surface area contributed by atoms with Gasteiger partial charge in [0.25, 0.3) is 0 Å². The summed E-state index contributed by atoms with van der Waals surface area (Å²) >= 11 is 1.07. The minimum atomic E-state index is -0.733. The first-order chi connectivity index (χ1) is 12.0. The van der Waals surface area contributed by atoms with Crippen molar-refractivity contribution < 1.29 is 27.8 Å². The van der Waals surface area contributed by atoms with Crippen molar-refractivity contribution in [3.05, 3.63) is 64.5 Å². The molecule has 25 heavy (non-hydrogen) atoms. The molecular weight excluding hydrogens is 350 g/mol. The van der Waals surface area contributed by atoms with Gasteiger partial charge in [0.05, 0.1) is 7.11 Å². The highest BCUT2D eigenvalue weighted by molar-refractivity contribution is 7.20. The summed E-state index contributed by atoms with van der Waals surface area (Å²) in [6, 6.07) is 9.63. The molecule has 3 aromatic rings. The standard InChI is InChI=1S/C18H12F2O4S/c1-23-15-6-5-10(7-13(15)20)14(21)9-24-18(22)17-8-11-12(19)3-2-4-16(11)25-17/h2-8H,9H2,1H3. The van der Waals surface area contributed by atoms with Crippen LogP contribution in [0.15, 0.2) is 42.5 Å². The Bertz CT molecular complexity index is 965. The Morgan fingerprint density at radius 3 is 2.56 bits per heavy atom. The van der Waals surface area contributed by atoms with Crippen molar-refractivity contribution >= 4 is 33.2 Å². The van der Waals surface area contributed by atoms with Crippen LogP contribution in [0.25, 0.3) is 10.1 Å². The topological polar surface area (TPSA) is 52.6 Å². The lowest BCUT2D eigenvalue weighted by Crippen LogP contribution is -2.13. The molecule has 1 heterocycles. The van der Waals surface area contributed by atoms with E-state index in [0.29, 0.717) is 10.1 Å². The number of hydrogen-bond acceptors (Lipinski definition) is 5. The molecule has 4 nitrogen and oxygen atoms in total. The first-order valence-electron chi connectivity index (χ1n) is 7.21. The number of halogens is 2. The quantitative estimate of drug-likeness (QED) is 0.504. The minimum absolute atomic E-state index is 0.0147. The Kier molecular flexibility index (Phi) is 4.76. The van der Waals surface area contributed by atoms with Crippen molar-refractivity contribution in [1.82, 2.24) is 0 Å². The molecule has 0 aliphatic carbocycles. The highest BCUT2D eigenvalue weighted by Crippen LogP contribution is 2.28. The lowest BCUT2D eigenvalue weighted by molar-refractivity contribution is 0.0479. The Balaban J connectivity index is 1.69. The first kappa shape index (κ1) is 17.0. The Hall–Kier alpha value is -2.80. The second-order valence-electron chi connectivity index (χ2n) is 5.11. The highest BCUT2D eigenvalue weighted by Gasteiger charge is 2.17. The van der Waals surface area contributed by atoms with E-state index >= 15 is 0 Å². The van der Waals surface area contributed by atoms with Gasteiger partial charge in [-0.05, 0) is 36.4 Å². The van der Waals surface area contributed by atoms with Gasteiger partial charge in [-0.1, -0.05) is 6.07 Å². The molecule has 128 valence electrons. The molecule has 0 bridgehead atoms. The van der Waals surface area contributed by atoms with Crippen LogP contribution in [-0.4, -0.2) is 25.5 Å². The third kappa shape index (κ3) is 3.51. The Labute approximate surface area is 145 Å². The van der Waals surface area contributed by atoms with Gasteiger partial charge in [0.2, 0.25) is 0 Å². The van der Waals surface area contributed by atoms with E-state index in [2.05, 4.69) is 0 Å². The molecule has 2 aromatic carbocycles. The molecule has 0 aliphatic heterocycles. The summed E-state index contributed by atoms with van der Waals surface area (Å²) in [4.78, 5) is 24.3. The van der Waals surface area contributed by atoms with Crippen LogP contribution < -0.4 is 4.74 Å². The van der Waals surface area contributed by atoms with Crippen LogP contribution in [0.1, 0.15) is 20.0 Å². The summed E-state index contributed by atoms with van der Waals surface area (Å²) in [7, 11) is 1.32. The van der Waals surface area contributed by atoms with Gasteiger partial charge in [-0.2, -0.15) is 0 Å². The smallest absolute Gasteiger partial charge is 0.348 e. The van der Waals surface area contributed by atoms with Crippen molar-refractivity contribution in [2.24, 2.45) is 0 Å². The van der Waals surface area contributed by atoms with Gasteiger partial charge >= 0.3 is 5.97 Å². The van der Waals surface area contributed by atoms with E-state index in [1.54, 1.807) is 12.1 Å². The van der Waals surface area contributed by atoms with Gasteiger partial charge in [0, 0.05) is 15.6 Å². The number of hydrogen-bond donors (Lipinski definition) is 0. The van der Waals surface area contributed by atoms with E-state index in [1.807, 2.05) is 0 Å². The predicted molar refractivity (Wildman–Crippen MR) is 89.3 cm³/mol. The average molecular weight is 362 g/mol. The molecule has 0 aliphatic rings. The highest BCUT2D eigenvalue weighted by atomic mass is 32.1. The molecular formula is C18H12F2O4S. The van der Waals surface area contributed by atoms with Crippen LogP contribution in [0.2, 0.25) is 0 Å². The molecule has 3 rings (SSSR count). The summed E-state index contributed by atoms with van der Waals surface area (Å²) < 4.78 is 37.6. The molecule has 0 fully saturated rings. The number of ketones is 1. The largest absolute Gasteiger partial charge is 0.494 e. The molecule has 0 saturated heterocycles. The van der Waals surface area contributed by atoms with E-state index in [1.165, 1.54) is 31.4 Å². The maximum atomic E-state index is 13.7. The summed E-state index contributed by atoms with van der Waals surface area (Å²) in [5.41, 5.74) is 0.0634. The maximum Gasteiger partial charge on any atom is 0.348 e. The van der Waals surface area contributed by atoms with Crippen LogP contribution >= 0.6 is 11.3 Å². The van der Waals surface area contributed by atoms with Crippen LogP contribution in [0.5, 0.6) is 5.75 Å². The number of thiophene rings is 1. The second-order valence-corrected chi connectivity index (χ2v) is 6.19. The number of benzene rings is 2. The van der Waals surface area contributed by atoms with Crippen LogP contribution in [0.3, 0.4) is 0 Å². The second kappa shape index (κ2) is 6.98. The van der Waals surface area contributed by atoms with E-state index in [4.69, 9.17) is 9.47 Å². The fraction of sp³-hybridized carbons (Fsp3) is 0.111. The summed E-state index contributed by atoms with van der Waals surface area (Å²) in [5, 5.41) is 0.322. The number of methoxy groups -OCH3 is 1.